The Morgan fingerprint density at radius 2 is 2.08 bits per heavy atom. The molecule has 2 N–H and O–H groups in total. The number of rotatable bonds is 4. The molecule has 3 aromatic rings. The lowest BCUT2D eigenvalue weighted by atomic mass is 10.1. The van der Waals surface area contributed by atoms with Gasteiger partial charge in [0.2, 0.25) is 0 Å². The van der Waals surface area contributed by atoms with E-state index in [1.807, 2.05) is 31.3 Å². The quantitative estimate of drug-likeness (QED) is 0.687. The zero-order chi connectivity index (χ0) is 17.3. The molecule has 1 amide bonds. The first-order valence-electron chi connectivity index (χ1n) is 7.06. The third-order valence-corrected chi connectivity index (χ3v) is 4.43. The molecule has 121 valence electrons. The summed E-state index contributed by atoms with van der Waals surface area (Å²) in [7, 11) is 1.88. The molecule has 1 aromatic heterocycles. The Labute approximate surface area is 152 Å². The van der Waals surface area contributed by atoms with Crippen molar-refractivity contribution in [3.63, 3.8) is 0 Å². The fourth-order valence-electron chi connectivity index (χ4n) is 2.39. The maximum absolute atomic E-state index is 11.1. The molecule has 24 heavy (non-hydrogen) atoms. The van der Waals surface area contributed by atoms with Crippen molar-refractivity contribution in [2.75, 3.05) is 5.32 Å². The van der Waals surface area contributed by atoms with Crippen LogP contribution >= 0.6 is 27.5 Å². The van der Waals surface area contributed by atoms with Crippen molar-refractivity contribution < 1.29 is 4.79 Å². The molecule has 0 saturated heterocycles. The fraction of sp³-hybridized carbons (Fsp3) is 0.0588. The highest BCUT2D eigenvalue weighted by atomic mass is 79.9. The van der Waals surface area contributed by atoms with E-state index < -0.39 is 5.91 Å². The van der Waals surface area contributed by atoms with Gasteiger partial charge < -0.3 is 5.32 Å². The summed E-state index contributed by atoms with van der Waals surface area (Å²) in [5.74, 6) is -0.758. The van der Waals surface area contributed by atoms with Gasteiger partial charge in [0.25, 0.3) is 5.91 Å². The monoisotopic (exact) mass is 403 g/mol. The lowest BCUT2D eigenvalue weighted by Crippen LogP contribution is -2.00. The minimum atomic E-state index is -0.758. The van der Waals surface area contributed by atoms with Crippen molar-refractivity contribution in [2.24, 2.45) is 7.05 Å². The summed E-state index contributed by atoms with van der Waals surface area (Å²) in [4.78, 5) is 11.1. The van der Waals surface area contributed by atoms with Crippen molar-refractivity contribution >= 4 is 44.8 Å². The van der Waals surface area contributed by atoms with Gasteiger partial charge in [-0.15, -0.1) is 0 Å². The molecule has 2 aromatic carbocycles. The predicted octanol–water partition coefficient (Wildman–Crippen LogP) is 4.67. The van der Waals surface area contributed by atoms with Gasteiger partial charge >= 0.3 is 0 Å². The van der Waals surface area contributed by atoms with Crippen LogP contribution in [0.15, 0.2) is 53.1 Å². The summed E-state index contributed by atoms with van der Waals surface area (Å²) >= 11 is 9.70. The maximum atomic E-state index is 11.1. The Bertz CT molecular complexity index is 903. The molecule has 0 saturated carbocycles. The topological polar surface area (TPSA) is 70.7 Å². The van der Waals surface area contributed by atoms with Gasteiger partial charge in [-0.1, -0.05) is 23.7 Å². The molecule has 0 aliphatic rings. The van der Waals surface area contributed by atoms with E-state index in [9.17, 15) is 4.79 Å². The van der Waals surface area contributed by atoms with Crippen molar-refractivity contribution in [1.82, 2.24) is 15.5 Å². The van der Waals surface area contributed by atoms with Crippen LogP contribution in [0.25, 0.3) is 11.3 Å². The van der Waals surface area contributed by atoms with Crippen LogP contribution in [0.3, 0.4) is 0 Å². The Morgan fingerprint density at radius 1 is 1.29 bits per heavy atom. The highest BCUT2D eigenvalue weighted by Crippen LogP contribution is 2.31. The first-order valence-corrected chi connectivity index (χ1v) is 8.23. The Hall–Kier alpha value is -2.31. The average molecular weight is 405 g/mol. The number of carbonyl (C=O) groups excluding carboxylic acids is 1. The van der Waals surface area contributed by atoms with E-state index in [0.717, 1.165) is 21.4 Å². The minimum absolute atomic E-state index is 0.262. The zero-order valence-electron chi connectivity index (χ0n) is 12.7. The first kappa shape index (κ1) is 16.5. The van der Waals surface area contributed by atoms with Gasteiger partial charge in [0.15, 0.2) is 0 Å². The second-order valence-corrected chi connectivity index (χ2v) is 6.46. The number of hydrogen-bond acceptors (Lipinski definition) is 3. The average Bonchev–Trinajstić information content (AvgIpc) is 2.88. The standard InChI is InChI=1S/C17H13BrClN4O/c1-23-16(13(18)9-21-23)10-3-2-4-12(7-10)22-15-6-5-11(17(20)24)8-14(15)19/h2-9,20,22H,1H3. The predicted molar refractivity (Wildman–Crippen MR) is 98.5 cm³/mol. The van der Waals surface area contributed by atoms with Crippen LogP contribution in [0.5, 0.6) is 0 Å². The van der Waals surface area contributed by atoms with E-state index in [2.05, 4.69) is 26.3 Å². The highest BCUT2D eigenvalue weighted by molar-refractivity contribution is 9.10. The SMILES string of the molecule is Cn1ncc(Br)c1-c1cccc(Nc2ccc(C([NH])=O)cc2Cl)c1. The van der Waals surface area contributed by atoms with Gasteiger partial charge in [-0.25, -0.2) is 0 Å². The van der Waals surface area contributed by atoms with Crippen LogP contribution in [0.2, 0.25) is 5.02 Å². The normalized spacial score (nSPS) is 10.6. The van der Waals surface area contributed by atoms with Crippen molar-refractivity contribution in [2.45, 2.75) is 0 Å². The molecule has 0 atom stereocenters. The number of carbonyl (C=O) groups is 1. The number of hydrogen-bond donors (Lipinski definition) is 1. The molecule has 0 fully saturated rings. The van der Waals surface area contributed by atoms with E-state index in [-0.39, 0.29) is 5.56 Å². The molecule has 3 rings (SSSR count). The van der Waals surface area contributed by atoms with Crippen LogP contribution in [0, 0.1) is 0 Å². The molecule has 0 aliphatic heterocycles. The zero-order valence-corrected chi connectivity index (χ0v) is 15.0. The second kappa shape index (κ2) is 6.67. The molecule has 5 nitrogen and oxygen atoms in total. The van der Waals surface area contributed by atoms with E-state index in [1.165, 1.54) is 6.07 Å². The Morgan fingerprint density at radius 3 is 2.71 bits per heavy atom. The summed E-state index contributed by atoms with van der Waals surface area (Å²) in [6.07, 6.45) is 1.75. The highest BCUT2D eigenvalue weighted by Gasteiger charge is 2.10. The Kier molecular flexibility index (Phi) is 4.59. The number of halogens is 2. The van der Waals surface area contributed by atoms with E-state index >= 15 is 0 Å². The third-order valence-electron chi connectivity index (χ3n) is 3.54. The van der Waals surface area contributed by atoms with E-state index in [0.29, 0.717) is 10.7 Å². The largest absolute Gasteiger partial charge is 0.354 e. The van der Waals surface area contributed by atoms with Gasteiger partial charge in [-0.2, -0.15) is 5.10 Å². The van der Waals surface area contributed by atoms with Gasteiger partial charge in [0, 0.05) is 23.9 Å². The Balaban J connectivity index is 1.92. The van der Waals surface area contributed by atoms with E-state index in [4.69, 9.17) is 17.3 Å². The molecule has 0 aliphatic carbocycles. The number of aromatic nitrogens is 2. The van der Waals surface area contributed by atoms with Gasteiger partial charge in [0.1, 0.15) is 0 Å². The van der Waals surface area contributed by atoms with E-state index in [1.54, 1.807) is 23.0 Å². The smallest absolute Gasteiger partial charge is 0.269 e. The summed E-state index contributed by atoms with van der Waals surface area (Å²) < 4.78 is 2.71. The van der Waals surface area contributed by atoms with Crippen LogP contribution in [0.1, 0.15) is 10.4 Å². The van der Waals surface area contributed by atoms with Crippen LogP contribution in [0.4, 0.5) is 11.4 Å². The molecular weight excluding hydrogens is 392 g/mol. The maximum Gasteiger partial charge on any atom is 0.269 e. The molecule has 7 heteroatoms. The number of nitrogens with one attached hydrogen (secondary N) is 2. The molecule has 1 radical (unpaired) electrons. The molecule has 0 bridgehead atoms. The number of amides is 1. The second-order valence-electron chi connectivity index (χ2n) is 5.19. The lowest BCUT2D eigenvalue weighted by Gasteiger charge is -2.11. The van der Waals surface area contributed by atoms with Gasteiger partial charge in [-0.3, -0.25) is 15.2 Å². The van der Waals surface area contributed by atoms with Crippen molar-refractivity contribution in [1.29, 1.82) is 0 Å². The number of nitrogens with zero attached hydrogens (tertiary/aromatic N) is 2. The first-order chi connectivity index (χ1) is 11.5. The summed E-state index contributed by atoms with van der Waals surface area (Å²) in [6, 6.07) is 12.6. The number of aryl methyl sites for hydroxylation is 1. The lowest BCUT2D eigenvalue weighted by molar-refractivity contribution is 0.0992. The molecule has 0 unspecified atom stereocenters. The summed E-state index contributed by atoms with van der Waals surface area (Å²) in [5.41, 5.74) is 10.9. The minimum Gasteiger partial charge on any atom is -0.354 e. The fourth-order valence-corrected chi connectivity index (χ4v) is 3.20. The number of anilines is 2. The van der Waals surface area contributed by atoms with Crippen LogP contribution < -0.4 is 11.1 Å². The molecular formula is C17H13BrClN4O. The van der Waals surface area contributed by atoms with Crippen molar-refractivity contribution in [3.8, 4) is 11.3 Å². The van der Waals surface area contributed by atoms with Crippen LogP contribution in [-0.4, -0.2) is 15.7 Å². The van der Waals surface area contributed by atoms with Gasteiger partial charge in [-0.05, 0) is 46.3 Å². The third kappa shape index (κ3) is 3.29. The summed E-state index contributed by atoms with van der Waals surface area (Å²) in [5, 5.41) is 7.84. The molecule has 1 heterocycles. The molecule has 0 spiro atoms. The number of benzene rings is 2. The van der Waals surface area contributed by atoms with Crippen LogP contribution in [-0.2, 0) is 7.05 Å². The van der Waals surface area contributed by atoms with Gasteiger partial charge in [0.05, 0.1) is 27.1 Å². The van der Waals surface area contributed by atoms with Crippen molar-refractivity contribution in [3.05, 3.63) is 63.7 Å². The summed E-state index contributed by atoms with van der Waals surface area (Å²) in [6.45, 7) is 0.